The molecule has 2 fully saturated rings. The van der Waals surface area contributed by atoms with Crippen LogP contribution in [0.25, 0.3) is 0 Å². The smallest absolute Gasteiger partial charge is 0.262 e. The van der Waals surface area contributed by atoms with Crippen LogP contribution in [0.5, 0.6) is 0 Å². The third-order valence-electron chi connectivity index (χ3n) is 4.33. The lowest BCUT2D eigenvalue weighted by Crippen LogP contribution is -2.36. The van der Waals surface area contributed by atoms with Gasteiger partial charge in [-0.1, -0.05) is 13.8 Å². The van der Waals surface area contributed by atoms with Gasteiger partial charge in [0.1, 0.15) is 0 Å². The third kappa shape index (κ3) is 5.24. The monoisotopic (exact) mass is 306 g/mol. The largest absolute Gasteiger partial charge is 0.331 e. The van der Waals surface area contributed by atoms with Gasteiger partial charge in [0.2, 0.25) is 0 Å². The van der Waals surface area contributed by atoms with Crippen LogP contribution in [0, 0.1) is 11.8 Å². The van der Waals surface area contributed by atoms with Crippen molar-refractivity contribution in [3.05, 3.63) is 0 Å². The molecule has 0 saturated heterocycles. The predicted octanol–water partition coefficient (Wildman–Crippen LogP) is 2.35. The van der Waals surface area contributed by atoms with Gasteiger partial charge < -0.3 is 0 Å². The fraction of sp³-hybridized carbons (Fsp3) is 0.750. The van der Waals surface area contributed by atoms with E-state index < -0.39 is 11.8 Å². The van der Waals surface area contributed by atoms with Crippen molar-refractivity contribution < 1.29 is 9.59 Å². The van der Waals surface area contributed by atoms with Crippen LogP contribution in [-0.2, 0) is 9.59 Å². The standard InChI is InChI=1S/C16H26N4O2/c1-11-5-3-7-13(9-11)17-19-15(21)16(22)20-18-14-8-4-6-12(2)10-14/h11-12H,3-10H2,1-2H3,(H,19,21)(H,20,22)/b17-13-,18-14+/t11-,12-/m0/s1. The van der Waals surface area contributed by atoms with Gasteiger partial charge >= 0.3 is 11.8 Å². The summed E-state index contributed by atoms with van der Waals surface area (Å²) in [5, 5.41) is 8.14. The Bertz CT molecular complexity index is 441. The molecule has 2 atom stereocenters. The number of amides is 2. The second-order valence-corrected chi connectivity index (χ2v) is 6.64. The van der Waals surface area contributed by atoms with Gasteiger partial charge in [0, 0.05) is 11.4 Å². The van der Waals surface area contributed by atoms with Gasteiger partial charge in [-0.2, -0.15) is 10.2 Å². The Kier molecular flexibility index (Phi) is 6.10. The Hall–Kier alpha value is -1.72. The number of nitrogens with one attached hydrogen (secondary N) is 2. The molecule has 2 N–H and O–H groups in total. The quantitative estimate of drug-likeness (QED) is 0.606. The zero-order valence-electron chi connectivity index (χ0n) is 13.5. The highest BCUT2D eigenvalue weighted by atomic mass is 16.2. The third-order valence-corrected chi connectivity index (χ3v) is 4.33. The lowest BCUT2D eigenvalue weighted by atomic mass is 9.89. The van der Waals surface area contributed by atoms with Crippen molar-refractivity contribution in [2.75, 3.05) is 0 Å². The number of rotatable bonds is 2. The molecule has 0 aromatic heterocycles. The molecule has 22 heavy (non-hydrogen) atoms. The Morgan fingerprint density at radius 2 is 1.27 bits per heavy atom. The summed E-state index contributed by atoms with van der Waals surface area (Å²) in [6.07, 6.45) is 8.15. The van der Waals surface area contributed by atoms with Crippen LogP contribution >= 0.6 is 0 Å². The van der Waals surface area contributed by atoms with Gasteiger partial charge in [0.15, 0.2) is 0 Å². The van der Waals surface area contributed by atoms with Crippen molar-refractivity contribution in [3.63, 3.8) is 0 Å². The minimum atomic E-state index is -0.751. The van der Waals surface area contributed by atoms with Crippen molar-refractivity contribution in [1.29, 1.82) is 0 Å². The number of hydrogen-bond donors (Lipinski definition) is 2. The fourth-order valence-corrected chi connectivity index (χ4v) is 3.09. The number of hydrazone groups is 2. The molecule has 0 unspecified atom stereocenters. The number of carbonyl (C=O) groups excluding carboxylic acids is 2. The van der Waals surface area contributed by atoms with Crippen molar-refractivity contribution in [3.8, 4) is 0 Å². The zero-order valence-corrected chi connectivity index (χ0v) is 13.5. The van der Waals surface area contributed by atoms with E-state index in [4.69, 9.17) is 0 Å². The van der Waals surface area contributed by atoms with E-state index in [1.165, 1.54) is 12.8 Å². The zero-order chi connectivity index (χ0) is 15.9. The molecule has 6 nitrogen and oxygen atoms in total. The summed E-state index contributed by atoms with van der Waals surface area (Å²) in [7, 11) is 0. The van der Waals surface area contributed by atoms with E-state index in [9.17, 15) is 9.59 Å². The Labute approximate surface area is 131 Å². The maximum absolute atomic E-state index is 11.7. The molecular weight excluding hydrogens is 280 g/mol. The van der Waals surface area contributed by atoms with E-state index in [2.05, 4.69) is 34.9 Å². The molecule has 2 aliphatic carbocycles. The molecule has 6 heteroatoms. The van der Waals surface area contributed by atoms with E-state index in [1.54, 1.807) is 0 Å². The molecule has 0 aromatic carbocycles. The maximum atomic E-state index is 11.7. The van der Waals surface area contributed by atoms with Crippen LogP contribution in [0.1, 0.15) is 65.2 Å². The molecule has 0 aliphatic heterocycles. The molecule has 2 amide bonds. The lowest BCUT2D eigenvalue weighted by molar-refractivity contribution is -0.139. The first-order chi connectivity index (χ1) is 10.5. The first-order valence-electron chi connectivity index (χ1n) is 8.25. The highest BCUT2D eigenvalue weighted by molar-refractivity contribution is 6.35. The van der Waals surface area contributed by atoms with Gasteiger partial charge in [-0.3, -0.25) is 9.59 Å². The van der Waals surface area contributed by atoms with E-state index >= 15 is 0 Å². The highest BCUT2D eigenvalue weighted by Gasteiger charge is 2.18. The molecular formula is C16H26N4O2. The van der Waals surface area contributed by atoms with E-state index in [0.29, 0.717) is 11.8 Å². The lowest BCUT2D eigenvalue weighted by Gasteiger charge is -2.19. The van der Waals surface area contributed by atoms with Gasteiger partial charge in [0.05, 0.1) is 0 Å². The first kappa shape index (κ1) is 16.6. The summed E-state index contributed by atoms with van der Waals surface area (Å²) < 4.78 is 0. The average molecular weight is 306 g/mol. The molecule has 0 bridgehead atoms. The maximum Gasteiger partial charge on any atom is 0.331 e. The van der Waals surface area contributed by atoms with Crippen molar-refractivity contribution in [2.45, 2.75) is 65.2 Å². The number of carbonyl (C=O) groups is 2. The van der Waals surface area contributed by atoms with Crippen LogP contribution in [0.2, 0.25) is 0 Å². The van der Waals surface area contributed by atoms with Gasteiger partial charge in [-0.25, -0.2) is 10.9 Å². The number of nitrogens with zero attached hydrogens (tertiary/aromatic N) is 2. The van der Waals surface area contributed by atoms with Crippen molar-refractivity contribution in [2.24, 2.45) is 22.0 Å². The van der Waals surface area contributed by atoms with Crippen LogP contribution in [0.3, 0.4) is 0 Å². The summed E-state index contributed by atoms with van der Waals surface area (Å²) in [4.78, 5) is 23.4. The Morgan fingerprint density at radius 1 is 0.864 bits per heavy atom. The average Bonchev–Trinajstić information content (AvgIpc) is 2.50. The highest BCUT2D eigenvalue weighted by Crippen LogP contribution is 2.21. The van der Waals surface area contributed by atoms with Crippen molar-refractivity contribution in [1.82, 2.24) is 10.9 Å². The van der Waals surface area contributed by atoms with Gasteiger partial charge in [0.25, 0.3) is 0 Å². The molecule has 0 spiro atoms. The summed E-state index contributed by atoms with van der Waals surface area (Å²) in [5.41, 5.74) is 6.60. The van der Waals surface area contributed by atoms with Crippen LogP contribution in [0.4, 0.5) is 0 Å². The van der Waals surface area contributed by atoms with Crippen LogP contribution < -0.4 is 10.9 Å². The Balaban J connectivity index is 1.78. The summed E-state index contributed by atoms with van der Waals surface area (Å²) in [5.74, 6) is -0.311. The van der Waals surface area contributed by atoms with Crippen LogP contribution in [0.15, 0.2) is 10.2 Å². The molecule has 0 aromatic rings. The van der Waals surface area contributed by atoms with Crippen LogP contribution in [-0.4, -0.2) is 23.2 Å². The summed E-state index contributed by atoms with van der Waals surface area (Å²) in [6.45, 7) is 4.34. The van der Waals surface area contributed by atoms with E-state index in [0.717, 1.165) is 49.9 Å². The molecule has 2 saturated carbocycles. The normalized spacial score (nSPS) is 29.4. The molecule has 2 rings (SSSR count). The fourth-order valence-electron chi connectivity index (χ4n) is 3.09. The van der Waals surface area contributed by atoms with E-state index in [-0.39, 0.29) is 0 Å². The number of hydrogen-bond acceptors (Lipinski definition) is 4. The summed E-state index contributed by atoms with van der Waals surface area (Å²) >= 11 is 0. The molecule has 2 aliphatic rings. The topological polar surface area (TPSA) is 82.9 Å². The van der Waals surface area contributed by atoms with Gasteiger partial charge in [-0.05, 0) is 63.2 Å². The van der Waals surface area contributed by atoms with Crippen molar-refractivity contribution >= 4 is 23.2 Å². The Morgan fingerprint density at radius 3 is 1.64 bits per heavy atom. The van der Waals surface area contributed by atoms with Gasteiger partial charge in [-0.15, -0.1) is 0 Å². The molecule has 0 heterocycles. The SMILES string of the molecule is C[C@H]1CCC/C(=N/NC(=O)C(=O)N/N=C2\CCC[C@H](C)C2)C1. The minimum absolute atomic E-state index is 0.595. The molecule has 122 valence electrons. The minimum Gasteiger partial charge on any atom is -0.262 e. The first-order valence-corrected chi connectivity index (χ1v) is 8.25. The van der Waals surface area contributed by atoms with E-state index in [1.807, 2.05) is 0 Å². The predicted molar refractivity (Wildman–Crippen MR) is 86.4 cm³/mol. The molecule has 0 radical (unpaired) electrons. The summed E-state index contributed by atoms with van der Waals surface area (Å²) in [6, 6.07) is 0. The second-order valence-electron chi connectivity index (χ2n) is 6.64. The second kappa shape index (κ2) is 8.06.